The Morgan fingerprint density at radius 2 is 1.95 bits per heavy atom. The number of piperidine rings is 1. The summed E-state index contributed by atoms with van der Waals surface area (Å²) in [6, 6.07) is 0.460. The summed E-state index contributed by atoms with van der Waals surface area (Å²) < 4.78 is 1.95. The van der Waals surface area contributed by atoms with Crippen molar-refractivity contribution in [3.63, 3.8) is 0 Å². The minimum Gasteiger partial charge on any atom is -0.351 e. The molecule has 1 N–H and O–H groups in total. The SMILES string of the molecule is Cc1cn(-c2nc(NC3CCN(C)CC3)ncc2C)cn1. The van der Waals surface area contributed by atoms with Crippen LogP contribution in [0.3, 0.4) is 0 Å². The third kappa shape index (κ3) is 3.21. The van der Waals surface area contributed by atoms with Crippen LogP contribution in [0, 0.1) is 13.8 Å². The molecule has 1 aliphatic rings. The highest BCUT2D eigenvalue weighted by Gasteiger charge is 2.17. The summed E-state index contributed by atoms with van der Waals surface area (Å²) in [5, 5.41) is 3.46. The molecule has 0 radical (unpaired) electrons. The molecule has 3 rings (SSSR count). The Morgan fingerprint density at radius 3 is 2.62 bits per heavy atom. The molecule has 1 aliphatic heterocycles. The first-order valence-corrected chi connectivity index (χ1v) is 7.41. The van der Waals surface area contributed by atoms with E-state index in [0.717, 1.165) is 43.0 Å². The van der Waals surface area contributed by atoms with E-state index in [2.05, 4.69) is 32.2 Å². The van der Waals surface area contributed by atoms with Crippen molar-refractivity contribution < 1.29 is 0 Å². The second-order valence-electron chi connectivity index (χ2n) is 5.84. The lowest BCUT2D eigenvalue weighted by atomic mass is 10.1. The summed E-state index contributed by atoms with van der Waals surface area (Å²) in [6.45, 7) is 6.24. The number of hydrogen-bond donors (Lipinski definition) is 1. The van der Waals surface area contributed by atoms with Crippen LogP contribution in [0.5, 0.6) is 0 Å². The van der Waals surface area contributed by atoms with Gasteiger partial charge in [0.1, 0.15) is 12.1 Å². The van der Waals surface area contributed by atoms with Gasteiger partial charge in [0.15, 0.2) is 0 Å². The maximum Gasteiger partial charge on any atom is 0.224 e. The number of nitrogens with one attached hydrogen (secondary N) is 1. The van der Waals surface area contributed by atoms with Crippen LogP contribution in [-0.2, 0) is 0 Å². The molecule has 0 aromatic carbocycles. The number of nitrogens with zero attached hydrogens (tertiary/aromatic N) is 5. The van der Waals surface area contributed by atoms with Crippen molar-refractivity contribution in [2.75, 3.05) is 25.5 Å². The van der Waals surface area contributed by atoms with Crippen LogP contribution in [0.2, 0.25) is 0 Å². The van der Waals surface area contributed by atoms with Crippen LogP contribution in [0.15, 0.2) is 18.7 Å². The molecule has 0 bridgehead atoms. The first-order valence-electron chi connectivity index (χ1n) is 7.41. The molecule has 3 heterocycles. The molecule has 2 aromatic rings. The predicted octanol–water partition coefficient (Wildman–Crippen LogP) is 1.79. The van der Waals surface area contributed by atoms with E-state index in [1.165, 1.54) is 0 Å². The number of hydrogen-bond acceptors (Lipinski definition) is 5. The molecular formula is C15H22N6. The van der Waals surface area contributed by atoms with E-state index in [1.807, 2.05) is 30.8 Å². The number of aryl methyl sites for hydroxylation is 2. The molecule has 112 valence electrons. The Labute approximate surface area is 125 Å². The Balaban J connectivity index is 1.78. The molecule has 6 heteroatoms. The maximum absolute atomic E-state index is 4.66. The van der Waals surface area contributed by atoms with Gasteiger partial charge in [-0.1, -0.05) is 0 Å². The summed E-state index contributed by atoms with van der Waals surface area (Å²) >= 11 is 0. The smallest absolute Gasteiger partial charge is 0.224 e. The summed E-state index contributed by atoms with van der Waals surface area (Å²) in [5.74, 6) is 1.59. The first-order chi connectivity index (χ1) is 10.1. The molecule has 6 nitrogen and oxygen atoms in total. The standard InChI is InChI=1S/C15H22N6/c1-11-8-16-15(18-13-4-6-20(3)7-5-13)19-14(11)21-9-12(2)17-10-21/h8-10,13H,4-7H2,1-3H3,(H,16,18,19). The van der Waals surface area contributed by atoms with Crippen LogP contribution in [0.25, 0.3) is 5.82 Å². The van der Waals surface area contributed by atoms with E-state index in [9.17, 15) is 0 Å². The van der Waals surface area contributed by atoms with Gasteiger partial charge in [-0.25, -0.2) is 9.97 Å². The Kier molecular flexibility index (Phi) is 3.88. The van der Waals surface area contributed by atoms with Gasteiger partial charge in [-0.15, -0.1) is 0 Å². The first kappa shape index (κ1) is 14.0. The molecule has 0 saturated carbocycles. The van der Waals surface area contributed by atoms with Gasteiger partial charge in [0, 0.05) is 24.0 Å². The molecular weight excluding hydrogens is 264 g/mol. The van der Waals surface area contributed by atoms with Gasteiger partial charge in [0.2, 0.25) is 5.95 Å². The largest absolute Gasteiger partial charge is 0.351 e. The fourth-order valence-corrected chi connectivity index (χ4v) is 2.64. The topological polar surface area (TPSA) is 58.9 Å². The van der Waals surface area contributed by atoms with Crippen LogP contribution in [-0.4, -0.2) is 50.6 Å². The van der Waals surface area contributed by atoms with Gasteiger partial charge < -0.3 is 10.2 Å². The van der Waals surface area contributed by atoms with Crippen LogP contribution in [0.1, 0.15) is 24.1 Å². The average molecular weight is 286 g/mol. The minimum absolute atomic E-state index is 0.460. The highest BCUT2D eigenvalue weighted by Crippen LogP contribution is 2.16. The number of anilines is 1. The van der Waals surface area contributed by atoms with Crippen LogP contribution < -0.4 is 5.32 Å². The maximum atomic E-state index is 4.66. The monoisotopic (exact) mass is 286 g/mol. The fraction of sp³-hybridized carbons (Fsp3) is 0.533. The number of rotatable bonds is 3. The summed E-state index contributed by atoms with van der Waals surface area (Å²) in [5.41, 5.74) is 2.03. The summed E-state index contributed by atoms with van der Waals surface area (Å²) in [4.78, 5) is 15.7. The summed E-state index contributed by atoms with van der Waals surface area (Å²) in [6.07, 6.45) is 7.91. The lowest BCUT2D eigenvalue weighted by molar-refractivity contribution is 0.263. The molecule has 0 aliphatic carbocycles. The normalized spacial score (nSPS) is 17.1. The van der Waals surface area contributed by atoms with Crippen LogP contribution >= 0.6 is 0 Å². The molecule has 0 unspecified atom stereocenters. The lowest BCUT2D eigenvalue weighted by Crippen LogP contribution is -2.37. The van der Waals surface area contributed by atoms with Crippen molar-refractivity contribution in [2.24, 2.45) is 0 Å². The molecule has 1 fully saturated rings. The van der Waals surface area contributed by atoms with Crippen molar-refractivity contribution >= 4 is 5.95 Å². The quantitative estimate of drug-likeness (QED) is 0.932. The van der Waals surface area contributed by atoms with Crippen molar-refractivity contribution in [2.45, 2.75) is 32.7 Å². The van der Waals surface area contributed by atoms with Gasteiger partial charge in [0.25, 0.3) is 0 Å². The van der Waals surface area contributed by atoms with Gasteiger partial charge in [0.05, 0.1) is 5.69 Å². The van der Waals surface area contributed by atoms with E-state index in [1.54, 1.807) is 6.33 Å². The zero-order valence-electron chi connectivity index (χ0n) is 12.9. The molecule has 2 aromatic heterocycles. The molecule has 21 heavy (non-hydrogen) atoms. The molecule has 1 saturated heterocycles. The number of likely N-dealkylation sites (tertiary alicyclic amines) is 1. The van der Waals surface area contributed by atoms with Gasteiger partial charge in [-0.2, -0.15) is 4.98 Å². The minimum atomic E-state index is 0.460. The Morgan fingerprint density at radius 1 is 1.19 bits per heavy atom. The highest BCUT2D eigenvalue weighted by atomic mass is 15.2. The van der Waals surface area contributed by atoms with Gasteiger partial charge in [-0.3, -0.25) is 4.57 Å². The molecule has 0 atom stereocenters. The van der Waals surface area contributed by atoms with Crippen molar-refractivity contribution in [3.8, 4) is 5.82 Å². The second-order valence-corrected chi connectivity index (χ2v) is 5.84. The average Bonchev–Trinajstić information content (AvgIpc) is 2.90. The number of imidazole rings is 1. The van der Waals surface area contributed by atoms with E-state index in [4.69, 9.17) is 0 Å². The zero-order valence-corrected chi connectivity index (χ0v) is 12.9. The van der Waals surface area contributed by atoms with E-state index in [0.29, 0.717) is 12.0 Å². The van der Waals surface area contributed by atoms with Crippen LogP contribution in [0.4, 0.5) is 5.95 Å². The van der Waals surface area contributed by atoms with E-state index >= 15 is 0 Å². The van der Waals surface area contributed by atoms with Gasteiger partial charge in [-0.05, 0) is 46.8 Å². The van der Waals surface area contributed by atoms with E-state index < -0.39 is 0 Å². The lowest BCUT2D eigenvalue weighted by Gasteiger charge is -2.29. The summed E-state index contributed by atoms with van der Waals surface area (Å²) in [7, 11) is 2.16. The predicted molar refractivity (Wildman–Crippen MR) is 82.8 cm³/mol. The third-order valence-corrected chi connectivity index (χ3v) is 3.95. The number of aromatic nitrogens is 4. The fourth-order valence-electron chi connectivity index (χ4n) is 2.64. The molecule has 0 amide bonds. The zero-order chi connectivity index (χ0) is 14.8. The Bertz CT molecular complexity index is 612. The Hall–Kier alpha value is -1.95. The third-order valence-electron chi connectivity index (χ3n) is 3.95. The van der Waals surface area contributed by atoms with Crippen molar-refractivity contribution in [1.82, 2.24) is 24.4 Å². The van der Waals surface area contributed by atoms with E-state index in [-0.39, 0.29) is 0 Å². The van der Waals surface area contributed by atoms with Crippen molar-refractivity contribution in [1.29, 1.82) is 0 Å². The van der Waals surface area contributed by atoms with Gasteiger partial charge >= 0.3 is 0 Å². The highest BCUT2D eigenvalue weighted by molar-refractivity contribution is 5.38. The molecule has 0 spiro atoms. The van der Waals surface area contributed by atoms with Crippen molar-refractivity contribution in [3.05, 3.63) is 30.0 Å². The second kappa shape index (κ2) is 5.81.